The second-order valence-electron chi connectivity index (χ2n) is 7.19. The second kappa shape index (κ2) is 8.04. The Morgan fingerprint density at radius 2 is 1.77 bits per heavy atom. The Morgan fingerprint density at radius 3 is 2.57 bits per heavy atom. The molecule has 0 amide bonds. The summed E-state index contributed by atoms with van der Waals surface area (Å²) in [6.45, 7) is 1.44. The molecule has 0 saturated carbocycles. The standard InChI is InChI=1S/C23H20N4O3/c28-21(22-26-18-3-1-2-4-19(18)27-22)16-5-7-17(8-6-16)30-23-20(24-11-12-25-23)15-9-13-29-14-10-15/h1-8,11-12,15H,9-10,13-14H2,(H,26,27). The predicted octanol–water partition coefficient (Wildman–Crippen LogP) is 4.27. The summed E-state index contributed by atoms with van der Waals surface area (Å²) in [6, 6.07) is 14.6. The highest BCUT2D eigenvalue weighted by Gasteiger charge is 2.22. The minimum atomic E-state index is -0.167. The highest BCUT2D eigenvalue weighted by molar-refractivity contribution is 6.08. The van der Waals surface area contributed by atoms with E-state index in [0.29, 0.717) is 23.0 Å². The van der Waals surface area contributed by atoms with Crippen LogP contribution in [0, 0.1) is 0 Å². The molecule has 3 heterocycles. The quantitative estimate of drug-likeness (QED) is 0.503. The van der Waals surface area contributed by atoms with Crippen molar-refractivity contribution in [2.24, 2.45) is 0 Å². The third kappa shape index (κ3) is 3.67. The molecule has 0 spiro atoms. The first-order valence-electron chi connectivity index (χ1n) is 9.94. The van der Waals surface area contributed by atoms with Gasteiger partial charge in [-0.2, -0.15) is 0 Å². The topological polar surface area (TPSA) is 90.0 Å². The molecule has 2 aromatic carbocycles. The molecule has 1 aliphatic heterocycles. The molecule has 1 fully saturated rings. The van der Waals surface area contributed by atoms with E-state index in [-0.39, 0.29) is 11.7 Å². The van der Waals surface area contributed by atoms with Gasteiger partial charge < -0.3 is 14.5 Å². The second-order valence-corrected chi connectivity index (χ2v) is 7.19. The number of imidazole rings is 1. The summed E-state index contributed by atoms with van der Waals surface area (Å²) in [5, 5.41) is 0. The van der Waals surface area contributed by atoms with Gasteiger partial charge >= 0.3 is 0 Å². The number of carbonyl (C=O) groups excluding carboxylic acids is 1. The monoisotopic (exact) mass is 400 g/mol. The van der Waals surface area contributed by atoms with Gasteiger partial charge in [0.05, 0.1) is 11.0 Å². The first kappa shape index (κ1) is 18.4. The number of aromatic amines is 1. The average molecular weight is 400 g/mol. The van der Waals surface area contributed by atoms with Gasteiger partial charge in [0.1, 0.15) is 11.4 Å². The Morgan fingerprint density at radius 1 is 1.00 bits per heavy atom. The number of nitrogens with zero attached hydrogens (tertiary/aromatic N) is 3. The summed E-state index contributed by atoms with van der Waals surface area (Å²) in [5.41, 5.74) is 2.99. The highest BCUT2D eigenvalue weighted by Crippen LogP contribution is 2.32. The normalized spacial score (nSPS) is 14.7. The van der Waals surface area contributed by atoms with Crippen LogP contribution >= 0.6 is 0 Å². The molecular formula is C23H20N4O3. The smallest absolute Gasteiger partial charge is 0.241 e. The van der Waals surface area contributed by atoms with Gasteiger partial charge in [-0.15, -0.1) is 0 Å². The van der Waals surface area contributed by atoms with E-state index >= 15 is 0 Å². The molecule has 0 aliphatic carbocycles. The maximum Gasteiger partial charge on any atom is 0.241 e. The minimum absolute atomic E-state index is 0.167. The third-order valence-electron chi connectivity index (χ3n) is 5.23. The van der Waals surface area contributed by atoms with Gasteiger partial charge in [0.25, 0.3) is 0 Å². The largest absolute Gasteiger partial charge is 0.437 e. The number of ether oxygens (including phenoxy) is 2. The van der Waals surface area contributed by atoms with E-state index in [1.54, 1.807) is 36.7 Å². The van der Waals surface area contributed by atoms with Crippen molar-refractivity contribution in [2.45, 2.75) is 18.8 Å². The lowest BCUT2D eigenvalue weighted by Gasteiger charge is -2.22. The Labute approximate surface area is 173 Å². The van der Waals surface area contributed by atoms with Gasteiger partial charge in [-0.1, -0.05) is 12.1 Å². The van der Waals surface area contributed by atoms with Crippen molar-refractivity contribution >= 4 is 16.8 Å². The van der Waals surface area contributed by atoms with Crippen molar-refractivity contribution < 1.29 is 14.3 Å². The van der Waals surface area contributed by atoms with Crippen molar-refractivity contribution in [3.8, 4) is 11.6 Å². The van der Waals surface area contributed by atoms with Gasteiger partial charge in [-0.05, 0) is 49.2 Å². The lowest BCUT2D eigenvalue weighted by Crippen LogP contribution is -2.16. The van der Waals surface area contributed by atoms with Gasteiger partial charge in [-0.25, -0.2) is 9.97 Å². The van der Waals surface area contributed by atoms with E-state index in [0.717, 1.165) is 42.8 Å². The Balaban J connectivity index is 1.35. The summed E-state index contributed by atoms with van der Waals surface area (Å²) >= 11 is 0. The molecule has 0 radical (unpaired) electrons. The number of nitrogens with one attached hydrogen (secondary N) is 1. The van der Waals surface area contributed by atoms with Crippen molar-refractivity contribution in [3.63, 3.8) is 0 Å². The summed E-state index contributed by atoms with van der Waals surface area (Å²) in [5.74, 6) is 1.53. The van der Waals surface area contributed by atoms with E-state index in [1.165, 1.54) is 0 Å². The maximum atomic E-state index is 12.8. The van der Waals surface area contributed by atoms with Crippen molar-refractivity contribution in [2.75, 3.05) is 13.2 Å². The summed E-state index contributed by atoms with van der Waals surface area (Å²) in [4.78, 5) is 29.1. The van der Waals surface area contributed by atoms with Crippen molar-refractivity contribution in [1.29, 1.82) is 0 Å². The third-order valence-corrected chi connectivity index (χ3v) is 5.23. The lowest BCUT2D eigenvalue weighted by molar-refractivity contribution is 0.0839. The van der Waals surface area contributed by atoms with Crippen LogP contribution in [0.2, 0.25) is 0 Å². The van der Waals surface area contributed by atoms with Crippen LogP contribution in [-0.4, -0.2) is 38.9 Å². The molecule has 2 aromatic heterocycles. The number of fused-ring (bicyclic) bond motifs is 1. The number of aromatic nitrogens is 4. The number of ketones is 1. The number of H-pyrrole nitrogens is 1. The van der Waals surface area contributed by atoms with Crippen molar-refractivity contribution in [3.05, 3.63) is 78.0 Å². The lowest BCUT2D eigenvalue weighted by atomic mass is 9.96. The first-order chi connectivity index (χ1) is 14.8. The SMILES string of the molecule is O=C(c1ccc(Oc2nccnc2C2CCOCC2)cc1)c1nc2ccccc2[nH]1. The molecular weight excluding hydrogens is 380 g/mol. The first-order valence-corrected chi connectivity index (χ1v) is 9.94. The van der Waals surface area contributed by atoms with E-state index in [1.807, 2.05) is 24.3 Å². The van der Waals surface area contributed by atoms with Crippen LogP contribution in [0.25, 0.3) is 11.0 Å². The fraction of sp³-hybridized carbons (Fsp3) is 0.217. The fourth-order valence-corrected chi connectivity index (χ4v) is 3.65. The molecule has 1 N–H and O–H groups in total. The Bertz CT molecular complexity index is 1150. The molecule has 5 rings (SSSR count). The highest BCUT2D eigenvalue weighted by atomic mass is 16.5. The van der Waals surface area contributed by atoms with Crippen LogP contribution in [0.15, 0.2) is 60.9 Å². The zero-order chi connectivity index (χ0) is 20.3. The van der Waals surface area contributed by atoms with Crippen LogP contribution in [0.4, 0.5) is 0 Å². The molecule has 7 nitrogen and oxygen atoms in total. The van der Waals surface area contributed by atoms with E-state index in [4.69, 9.17) is 9.47 Å². The fourth-order valence-electron chi connectivity index (χ4n) is 3.65. The Hall–Kier alpha value is -3.58. The van der Waals surface area contributed by atoms with Crippen LogP contribution in [0.3, 0.4) is 0 Å². The molecule has 7 heteroatoms. The number of hydrogen-bond donors (Lipinski definition) is 1. The number of carbonyl (C=O) groups is 1. The number of rotatable bonds is 5. The van der Waals surface area contributed by atoms with Gasteiger partial charge in [0.2, 0.25) is 11.7 Å². The molecule has 4 aromatic rings. The molecule has 0 bridgehead atoms. The van der Waals surface area contributed by atoms with Gasteiger partial charge in [-0.3, -0.25) is 9.78 Å². The minimum Gasteiger partial charge on any atom is -0.437 e. The molecule has 1 aliphatic rings. The molecule has 1 saturated heterocycles. The van der Waals surface area contributed by atoms with E-state index in [9.17, 15) is 4.79 Å². The summed E-state index contributed by atoms with van der Waals surface area (Å²) in [7, 11) is 0. The number of benzene rings is 2. The van der Waals surface area contributed by atoms with Gasteiger partial charge in [0, 0.05) is 37.1 Å². The van der Waals surface area contributed by atoms with Gasteiger partial charge in [0.15, 0.2) is 5.82 Å². The van der Waals surface area contributed by atoms with Crippen LogP contribution in [-0.2, 0) is 4.74 Å². The summed E-state index contributed by atoms with van der Waals surface area (Å²) in [6.07, 6.45) is 5.12. The zero-order valence-corrected chi connectivity index (χ0v) is 16.2. The van der Waals surface area contributed by atoms with E-state index < -0.39 is 0 Å². The predicted molar refractivity (Wildman–Crippen MR) is 111 cm³/mol. The molecule has 0 unspecified atom stereocenters. The number of hydrogen-bond acceptors (Lipinski definition) is 6. The average Bonchev–Trinajstić information content (AvgIpc) is 3.24. The Kier molecular flexibility index (Phi) is 4.94. The van der Waals surface area contributed by atoms with Crippen LogP contribution < -0.4 is 4.74 Å². The zero-order valence-electron chi connectivity index (χ0n) is 16.2. The van der Waals surface area contributed by atoms with Crippen LogP contribution in [0.5, 0.6) is 11.6 Å². The van der Waals surface area contributed by atoms with Crippen molar-refractivity contribution in [1.82, 2.24) is 19.9 Å². The van der Waals surface area contributed by atoms with Crippen LogP contribution in [0.1, 0.15) is 40.6 Å². The molecule has 0 atom stereocenters. The number of para-hydroxylation sites is 2. The molecule has 150 valence electrons. The van der Waals surface area contributed by atoms with E-state index in [2.05, 4.69) is 19.9 Å². The maximum absolute atomic E-state index is 12.8. The molecule has 30 heavy (non-hydrogen) atoms. The summed E-state index contributed by atoms with van der Waals surface area (Å²) < 4.78 is 11.4.